The van der Waals surface area contributed by atoms with Gasteiger partial charge in [0.05, 0.1) is 7.11 Å². The summed E-state index contributed by atoms with van der Waals surface area (Å²) in [5.74, 6) is 0.691. The number of methoxy groups -OCH3 is 1. The normalized spacial score (nSPS) is 14.9. The summed E-state index contributed by atoms with van der Waals surface area (Å²) < 4.78 is 5.76. The summed E-state index contributed by atoms with van der Waals surface area (Å²) in [6.07, 6.45) is 6.44. The largest absolute Gasteiger partial charge is 0.466 e. The first-order valence-corrected chi connectivity index (χ1v) is 7.64. The molecule has 0 radical (unpaired) electrons. The van der Waals surface area contributed by atoms with E-state index in [0.717, 1.165) is 48.2 Å². The summed E-state index contributed by atoms with van der Waals surface area (Å²) in [7, 11) is 1.42. The molecule has 5 heteroatoms. The Balaban J connectivity index is 2.46. The molecule has 0 aliphatic carbocycles. The van der Waals surface area contributed by atoms with Crippen molar-refractivity contribution in [1.82, 2.24) is 4.98 Å². The van der Waals surface area contributed by atoms with Crippen LogP contribution in [-0.4, -0.2) is 31.2 Å². The van der Waals surface area contributed by atoms with Crippen molar-refractivity contribution < 1.29 is 9.53 Å². The summed E-state index contributed by atoms with van der Waals surface area (Å²) in [5, 5.41) is 0. The van der Waals surface area contributed by atoms with Crippen LogP contribution >= 0.6 is 15.9 Å². The smallest absolute Gasteiger partial charge is 0.333 e. The average molecular weight is 339 g/mol. The summed E-state index contributed by atoms with van der Waals surface area (Å²) in [6.45, 7) is 4.04. The van der Waals surface area contributed by atoms with Crippen molar-refractivity contribution in [1.29, 1.82) is 0 Å². The molecule has 20 heavy (non-hydrogen) atoms. The Morgan fingerprint density at radius 2 is 2.35 bits per heavy atom. The number of carbonyl (C=O) groups excluding carboxylic acids is 1. The fourth-order valence-electron chi connectivity index (χ4n) is 2.42. The Morgan fingerprint density at radius 3 is 3.05 bits per heavy atom. The van der Waals surface area contributed by atoms with Crippen molar-refractivity contribution >= 4 is 33.8 Å². The Bertz CT molecular complexity index is 529. The van der Waals surface area contributed by atoms with Gasteiger partial charge in [0, 0.05) is 34.9 Å². The van der Waals surface area contributed by atoms with Gasteiger partial charge in [0.25, 0.3) is 0 Å². The van der Waals surface area contributed by atoms with E-state index in [1.807, 2.05) is 12.1 Å². The number of ether oxygens (including phenoxy) is 1. The van der Waals surface area contributed by atoms with Gasteiger partial charge >= 0.3 is 5.97 Å². The molecule has 108 valence electrons. The van der Waals surface area contributed by atoms with Crippen molar-refractivity contribution in [2.75, 3.05) is 25.1 Å². The maximum atomic E-state index is 11.8. The molecule has 1 aliphatic heterocycles. The number of fused-ring (bicyclic) bond motifs is 1. The number of aromatic nitrogens is 1. The zero-order chi connectivity index (χ0) is 14.5. The number of anilines is 1. The van der Waals surface area contributed by atoms with E-state index in [4.69, 9.17) is 4.74 Å². The van der Waals surface area contributed by atoms with Crippen LogP contribution in [0.2, 0.25) is 0 Å². The van der Waals surface area contributed by atoms with Gasteiger partial charge in [0.15, 0.2) is 0 Å². The maximum absolute atomic E-state index is 11.8. The lowest BCUT2D eigenvalue weighted by atomic mass is 10.0. The monoisotopic (exact) mass is 338 g/mol. The third-order valence-electron chi connectivity index (χ3n) is 3.31. The van der Waals surface area contributed by atoms with E-state index in [9.17, 15) is 4.79 Å². The second kappa shape index (κ2) is 6.88. The van der Waals surface area contributed by atoms with Crippen molar-refractivity contribution in [2.45, 2.75) is 26.2 Å². The predicted octanol–water partition coefficient (Wildman–Crippen LogP) is 3.41. The van der Waals surface area contributed by atoms with Crippen LogP contribution in [-0.2, 0) is 9.53 Å². The number of esters is 1. The lowest BCUT2D eigenvalue weighted by Crippen LogP contribution is -2.28. The predicted molar refractivity (Wildman–Crippen MR) is 83.7 cm³/mol. The molecule has 0 amide bonds. The standard InChI is InChI=1S/C15H19BrN2O2/c1-3-6-18-7-4-5-11(15(19)20-2)8-12-9-13(16)10-17-14(12)18/h8-10H,3-7H2,1-2H3. The topological polar surface area (TPSA) is 42.4 Å². The molecule has 0 saturated carbocycles. The van der Waals surface area contributed by atoms with Crippen molar-refractivity contribution in [3.05, 3.63) is 27.9 Å². The second-order valence-electron chi connectivity index (χ2n) is 4.82. The fraction of sp³-hybridized carbons (Fsp3) is 0.467. The highest BCUT2D eigenvalue weighted by Gasteiger charge is 2.18. The molecule has 0 atom stereocenters. The van der Waals surface area contributed by atoms with Gasteiger partial charge in [-0.1, -0.05) is 6.92 Å². The minimum absolute atomic E-state index is 0.250. The third kappa shape index (κ3) is 3.39. The van der Waals surface area contributed by atoms with Crippen molar-refractivity contribution in [2.24, 2.45) is 0 Å². The SMILES string of the molecule is CCCN1CCCC(C(=O)OC)=Cc2cc(Br)cnc21. The molecular weight excluding hydrogens is 320 g/mol. The van der Waals surface area contributed by atoms with Crippen molar-refractivity contribution in [3.8, 4) is 0 Å². The van der Waals surface area contributed by atoms with Gasteiger partial charge < -0.3 is 9.64 Å². The van der Waals surface area contributed by atoms with E-state index >= 15 is 0 Å². The molecule has 0 aromatic carbocycles. The summed E-state index contributed by atoms with van der Waals surface area (Å²) >= 11 is 3.44. The van der Waals surface area contributed by atoms with Crippen LogP contribution in [0.1, 0.15) is 31.7 Å². The van der Waals surface area contributed by atoms with E-state index in [1.165, 1.54) is 7.11 Å². The summed E-state index contributed by atoms with van der Waals surface area (Å²) in [4.78, 5) is 18.6. The number of pyridine rings is 1. The fourth-order valence-corrected chi connectivity index (χ4v) is 2.77. The van der Waals surface area contributed by atoms with Crippen LogP contribution < -0.4 is 4.90 Å². The number of nitrogens with zero attached hydrogens (tertiary/aromatic N) is 2. The zero-order valence-electron chi connectivity index (χ0n) is 11.9. The molecule has 2 rings (SSSR count). The second-order valence-corrected chi connectivity index (χ2v) is 5.73. The van der Waals surface area contributed by atoms with Gasteiger partial charge in [0.2, 0.25) is 0 Å². The maximum Gasteiger partial charge on any atom is 0.333 e. The van der Waals surface area contributed by atoms with Gasteiger partial charge in [-0.05, 0) is 47.3 Å². The number of carbonyl (C=O) groups is 1. The Labute approximate surface area is 128 Å². The average Bonchev–Trinajstić information content (AvgIpc) is 2.42. The molecular formula is C15H19BrN2O2. The number of hydrogen-bond acceptors (Lipinski definition) is 4. The van der Waals surface area contributed by atoms with Crippen molar-refractivity contribution in [3.63, 3.8) is 0 Å². The summed E-state index contributed by atoms with van der Waals surface area (Å²) in [5.41, 5.74) is 1.68. The lowest BCUT2D eigenvalue weighted by Gasteiger charge is -2.27. The molecule has 0 saturated heterocycles. The summed E-state index contributed by atoms with van der Waals surface area (Å²) in [6, 6.07) is 2.00. The van der Waals surface area contributed by atoms with E-state index in [0.29, 0.717) is 5.57 Å². The first-order valence-electron chi connectivity index (χ1n) is 6.85. The molecule has 1 aromatic heterocycles. The molecule has 4 nitrogen and oxygen atoms in total. The van der Waals surface area contributed by atoms with Crippen LogP contribution in [0.5, 0.6) is 0 Å². The first-order chi connectivity index (χ1) is 9.65. The minimum Gasteiger partial charge on any atom is -0.466 e. The zero-order valence-corrected chi connectivity index (χ0v) is 13.4. The van der Waals surface area contributed by atoms with Crippen LogP contribution in [0, 0.1) is 0 Å². The van der Waals surface area contributed by atoms with Crippen LogP contribution in [0.15, 0.2) is 22.3 Å². The Morgan fingerprint density at radius 1 is 1.55 bits per heavy atom. The van der Waals surface area contributed by atoms with Gasteiger partial charge in [-0.3, -0.25) is 0 Å². The molecule has 0 N–H and O–H groups in total. The Hall–Kier alpha value is -1.36. The van der Waals surface area contributed by atoms with Crippen LogP contribution in [0.25, 0.3) is 6.08 Å². The van der Waals surface area contributed by atoms with Gasteiger partial charge in [-0.15, -0.1) is 0 Å². The molecule has 0 unspecified atom stereocenters. The highest BCUT2D eigenvalue weighted by atomic mass is 79.9. The lowest BCUT2D eigenvalue weighted by molar-refractivity contribution is -0.136. The third-order valence-corrected chi connectivity index (χ3v) is 3.74. The highest BCUT2D eigenvalue weighted by molar-refractivity contribution is 9.10. The van der Waals surface area contributed by atoms with E-state index in [2.05, 4.69) is 32.7 Å². The number of rotatable bonds is 3. The molecule has 0 bridgehead atoms. The number of hydrogen-bond donors (Lipinski definition) is 0. The molecule has 1 aromatic rings. The molecule has 0 spiro atoms. The van der Waals surface area contributed by atoms with E-state index < -0.39 is 0 Å². The van der Waals surface area contributed by atoms with E-state index in [-0.39, 0.29) is 5.97 Å². The minimum atomic E-state index is -0.250. The van der Waals surface area contributed by atoms with E-state index in [1.54, 1.807) is 6.20 Å². The molecule has 0 fully saturated rings. The molecule has 2 heterocycles. The quantitative estimate of drug-likeness (QED) is 0.792. The van der Waals surface area contributed by atoms with Crippen LogP contribution in [0.3, 0.4) is 0 Å². The number of halogens is 1. The first kappa shape index (κ1) is 15.0. The van der Waals surface area contributed by atoms with Gasteiger partial charge in [-0.2, -0.15) is 0 Å². The van der Waals surface area contributed by atoms with Gasteiger partial charge in [-0.25, -0.2) is 9.78 Å². The highest BCUT2D eigenvalue weighted by Crippen LogP contribution is 2.28. The van der Waals surface area contributed by atoms with Gasteiger partial charge in [0.1, 0.15) is 5.82 Å². The molecule has 1 aliphatic rings. The Kier molecular flexibility index (Phi) is 5.17. The van der Waals surface area contributed by atoms with Crippen LogP contribution in [0.4, 0.5) is 5.82 Å².